The highest BCUT2D eigenvalue weighted by atomic mass is 35.5. The normalized spacial score (nSPS) is 16.5. The number of morpholine rings is 1. The van der Waals surface area contributed by atoms with Gasteiger partial charge in [0.15, 0.2) is 0 Å². The third-order valence-corrected chi connectivity index (χ3v) is 4.39. The maximum atomic E-state index is 6.29. The topological polar surface area (TPSA) is 25.4 Å². The monoisotopic (exact) mass is 324 g/mol. The van der Waals surface area contributed by atoms with Crippen LogP contribution in [0.2, 0.25) is 10.2 Å². The fourth-order valence-electron chi connectivity index (χ4n) is 2.66. The van der Waals surface area contributed by atoms with E-state index in [-0.39, 0.29) is 0 Å². The smallest absolute Gasteiger partial charge is 0.132 e. The second-order valence-corrected chi connectivity index (χ2v) is 6.13. The Morgan fingerprint density at radius 1 is 1.14 bits per heavy atom. The van der Waals surface area contributed by atoms with Crippen LogP contribution in [0.15, 0.2) is 24.3 Å². The number of hydrogen-bond acceptors (Lipinski definition) is 3. The molecule has 0 unspecified atom stereocenters. The lowest BCUT2D eigenvalue weighted by molar-refractivity contribution is 0.0374. The van der Waals surface area contributed by atoms with E-state index in [0.717, 1.165) is 67.2 Å². The fraction of sp³-hybridized carbons (Fsp3) is 0.438. The van der Waals surface area contributed by atoms with Gasteiger partial charge in [-0.3, -0.25) is 4.90 Å². The van der Waals surface area contributed by atoms with Crippen molar-refractivity contribution in [3.05, 3.63) is 40.0 Å². The minimum atomic E-state index is 0.604. The largest absolute Gasteiger partial charge is 0.379 e. The summed E-state index contributed by atoms with van der Waals surface area (Å²) in [7, 11) is 0. The Bertz CT molecular complexity index is 627. The summed E-state index contributed by atoms with van der Waals surface area (Å²) in [6.45, 7) is 4.82. The first-order chi connectivity index (χ1) is 10.2. The zero-order chi connectivity index (χ0) is 14.7. The van der Waals surface area contributed by atoms with Crippen LogP contribution in [-0.2, 0) is 11.2 Å². The Morgan fingerprint density at radius 2 is 1.95 bits per heavy atom. The van der Waals surface area contributed by atoms with Crippen LogP contribution in [0, 0.1) is 0 Å². The summed E-state index contributed by atoms with van der Waals surface area (Å²) in [5.74, 6) is 0. The highest BCUT2D eigenvalue weighted by Gasteiger charge is 2.11. The summed E-state index contributed by atoms with van der Waals surface area (Å²) in [6.07, 6.45) is 2.01. The molecule has 2 heterocycles. The average molecular weight is 325 g/mol. The Kier molecular flexibility index (Phi) is 4.96. The number of rotatable bonds is 4. The van der Waals surface area contributed by atoms with Gasteiger partial charge < -0.3 is 4.74 Å². The average Bonchev–Trinajstić information content (AvgIpc) is 2.49. The van der Waals surface area contributed by atoms with Crippen molar-refractivity contribution in [1.82, 2.24) is 9.88 Å². The van der Waals surface area contributed by atoms with Gasteiger partial charge in [0.05, 0.1) is 18.7 Å². The number of aromatic nitrogens is 1. The zero-order valence-corrected chi connectivity index (χ0v) is 13.3. The van der Waals surface area contributed by atoms with Gasteiger partial charge in [-0.1, -0.05) is 23.2 Å². The van der Waals surface area contributed by atoms with Crippen LogP contribution in [0.1, 0.15) is 12.0 Å². The van der Waals surface area contributed by atoms with E-state index in [0.29, 0.717) is 5.15 Å². The Balaban J connectivity index is 1.66. The highest BCUT2D eigenvalue weighted by molar-refractivity contribution is 6.32. The van der Waals surface area contributed by atoms with Gasteiger partial charge in [0.25, 0.3) is 0 Å². The molecule has 21 heavy (non-hydrogen) atoms. The van der Waals surface area contributed by atoms with E-state index in [2.05, 4.69) is 16.0 Å². The van der Waals surface area contributed by atoms with Gasteiger partial charge in [0, 0.05) is 23.5 Å². The van der Waals surface area contributed by atoms with Gasteiger partial charge in [-0.15, -0.1) is 0 Å². The third kappa shape index (κ3) is 3.86. The Hall–Kier alpha value is -0.870. The predicted octanol–water partition coefficient (Wildman–Crippen LogP) is 3.81. The maximum Gasteiger partial charge on any atom is 0.132 e. The summed E-state index contributed by atoms with van der Waals surface area (Å²) < 4.78 is 5.36. The molecule has 1 aliphatic rings. The van der Waals surface area contributed by atoms with Crippen molar-refractivity contribution in [2.24, 2.45) is 0 Å². The molecule has 1 aliphatic heterocycles. The minimum absolute atomic E-state index is 0.604. The van der Waals surface area contributed by atoms with E-state index >= 15 is 0 Å². The van der Waals surface area contributed by atoms with Crippen molar-refractivity contribution in [2.45, 2.75) is 12.8 Å². The molecule has 1 aromatic carbocycles. The molecule has 0 bridgehead atoms. The van der Waals surface area contributed by atoms with Crippen molar-refractivity contribution in [3.63, 3.8) is 0 Å². The number of ether oxygens (including phenoxy) is 1. The third-order valence-electron chi connectivity index (χ3n) is 3.83. The van der Waals surface area contributed by atoms with Gasteiger partial charge in [0.2, 0.25) is 0 Å². The summed E-state index contributed by atoms with van der Waals surface area (Å²) in [6, 6.07) is 7.79. The number of pyridine rings is 1. The van der Waals surface area contributed by atoms with Crippen molar-refractivity contribution in [1.29, 1.82) is 0 Å². The molecular formula is C16H18Cl2N2O. The quantitative estimate of drug-likeness (QED) is 0.800. The molecular weight excluding hydrogens is 307 g/mol. The number of fused-ring (bicyclic) bond motifs is 1. The van der Waals surface area contributed by atoms with Crippen LogP contribution in [0.3, 0.4) is 0 Å². The number of nitrogens with zero attached hydrogens (tertiary/aromatic N) is 2. The Labute approximate surface area is 134 Å². The number of aryl methyl sites for hydroxylation is 1. The van der Waals surface area contributed by atoms with E-state index in [1.807, 2.05) is 18.2 Å². The Morgan fingerprint density at radius 3 is 2.76 bits per heavy atom. The second-order valence-electron chi connectivity index (χ2n) is 5.33. The van der Waals surface area contributed by atoms with E-state index < -0.39 is 0 Å². The number of hydrogen-bond donors (Lipinski definition) is 0. The lowest BCUT2D eigenvalue weighted by Crippen LogP contribution is -2.36. The molecule has 3 nitrogen and oxygen atoms in total. The summed E-state index contributed by atoms with van der Waals surface area (Å²) in [5, 5.41) is 2.38. The molecule has 3 rings (SSSR count). The van der Waals surface area contributed by atoms with Crippen molar-refractivity contribution in [2.75, 3.05) is 32.8 Å². The minimum Gasteiger partial charge on any atom is -0.379 e. The molecule has 1 fully saturated rings. The molecule has 0 spiro atoms. The standard InChI is InChI=1S/C16H18Cl2N2O/c17-14-3-4-15-13(11-14)10-12(16(18)19-15)2-1-5-20-6-8-21-9-7-20/h3-4,10-11H,1-2,5-9H2. The SMILES string of the molecule is Clc1ccc2nc(Cl)c(CCCN3CCOCC3)cc2c1. The molecule has 0 atom stereocenters. The zero-order valence-electron chi connectivity index (χ0n) is 11.8. The van der Waals surface area contributed by atoms with Crippen LogP contribution >= 0.6 is 23.2 Å². The molecule has 2 aromatic rings. The number of halogens is 2. The fourth-order valence-corrected chi connectivity index (χ4v) is 3.08. The van der Waals surface area contributed by atoms with E-state index in [4.69, 9.17) is 27.9 Å². The summed E-state index contributed by atoms with van der Waals surface area (Å²) in [5.41, 5.74) is 1.99. The van der Waals surface area contributed by atoms with E-state index in [9.17, 15) is 0 Å². The van der Waals surface area contributed by atoms with E-state index in [1.165, 1.54) is 0 Å². The van der Waals surface area contributed by atoms with Gasteiger partial charge in [0.1, 0.15) is 5.15 Å². The van der Waals surface area contributed by atoms with Crippen LogP contribution < -0.4 is 0 Å². The van der Waals surface area contributed by atoms with Crippen LogP contribution in [0.5, 0.6) is 0 Å². The first-order valence-electron chi connectivity index (χ1n) is 7.27. The molecule has 0 aliphatic carbocycles. The van der Waals surface area contributed by atoms with E-state index in [1.54, 1.807) is 0 Å². The maximum absolute atomic E-state index is 6.29. The highest BCUT2D eigenvalue weighted by Crippen LogP contribution is 2.24. The molecule has 0 N–H and O–H groups in total. The lowest BCUT2D eigenvalue weighted by Gasteiger charge is -2.26. The second kappa shape index (κ2) is 6.93. The molecule has 0 saturated carbocycles. The number of benzene rings is 1. The van der Waals surface area contributed by atoms with Gasteiger partial charge in [-0.2, -0.15) is 0 Å². The lowest BCUT2D eigenvalue weighted by atomic mass is 10.1. The first kappa shape index (κ1) is 15.0. The van der Waals surface area contributed by atoms with Gasteiger partial charge >= 0.3 is 0 Å². The van der Waals surface area contributed by atoms with Crippen molar-refractivity contribution < 1.29 is 4.74 Å². The molecule has 0 radical (unpaired) electrons. The molecule has 1 saturated heterocycles. The van der Waals surface area contributed by atoms with Gasteiger partial charge in [-0.25, -0.2) is 4.98 Å². The first-order valence-corrected chi connectivity index (χ1v) is 8.03. The molecule has 1 aromatic heterocycles. The van der Waals surface area contributed by atoms with Crippen molar-refractivity contribution in [3.8, 4) is 0 Å². The van der Waals surface area contributed by atoms with Crippen LogP contribution in [0.4, 0.5) is 0 Å². The molecule has 112 valence electrons. The molecule has 5 heteroatoms. The molecule has 0 amide bonds. The van der Waals surface area contributed by atoms with Crippen LogP contribution in [0.25, 0.3) is 10.9 Å². The van der Waals surface area contributed by atoms with Crippen molar-refractivity contribution >= 4 is 34.1 Å². The predicted molar refractivity (Wildman–Crippen MR) is 87.3 cm³/mol. The summed E-state index contributed by atoms with van der Waals surface area (Å²) in [4.78, 5) is 6.89. The van der Waals surface area contributed by atoms with Crippen LogP contribution in [-0.4, -0.2) is 42.7 Å². The van der Waals surface area contributed by atoms with Gasteiger partial charge in [-0.05, 0) is 49.2 Å². The summed E-state index contributed by atoms with van der Waals surface area (Å²) >= 11 is 12.3.